The number of carbonyl (C=O) groups is 2. The van der Waals surface area contributed by atoms with Gasteiger partial charge in [0.1, 0.15) is 16.7 Å². The van der Waals surface area contributed by atoms with Crippen LogP contribution in [0.15, 0.2) is 22.7 Å². The van der Waals surface area contributed by atoms with Crippen molar-refractivity contribution < 1.29 is 18.7 Å². The lowest BCUT2D eigenvalue weighted by atomic mass is 9.81. The van der Waals surface area contributed by atoms with Gasteiger partial charge in [0.15, 0.2) is 11.6 Å². The number of ether oxygens (including phenoxy) is 1. The molecule has 5 atom stereocenters. The minimum absolute atomic E-state index is 0.0663. The van der Waals surface area contributed by atoms with E-state index >= 15 is 0 Å². The van der Waals surface area contributed by atoms with E-state index in [0.29, 0.717) is 20.7 Å². The summed E-state index contributed by atoms with van der Waals surface area (Å²) in [5.41, 5.74) is 0.880. The topological polar surface area (TPSA) is 56.3 Å². The summed E-state index contributed by atoms with van der Waals surface area (Å²) >= 11 is 4.57. The monoisotopic (exact) mass is 435 g/mol. The lowest BCUT2D eigenvalue weighted by Gasteiger charge is -2.16. The van der Waals surface area contributed by atoms with Crippen LogP contribution in [0.25, 0.3) is 10.6 Å². The SMILES string of the molecule is Cc1sc(-c2ccc(Br)cc2F)nc1C1C(=O)[C@@H]2C3CCC(O3)[C@@H]2C1=O. The molecular formula is C19H15BrFNO3S. The summed E-state index contributed by atoms with van der Waals surface area (Å²) in [6.45, 7) is 1.84. The Bertz CT molecular complexity index is 930. The highest BCUT2D eigenvalue weighted by Crippen LogP contribution is 2.52. The number of halogens is 2. The largest absolute Gasteiger partial charge is 0.373 e. The van der Waals surface area contributed by atoms with Gasteiger partial charge in [-0.1, -0.05) is 15.9 Å². The van der Waals surface area contributed by atoms with Crippen molar-refractivity contribution in [2.45, 2.75) is 37.9 Å². The van der Waals surface area contributed by atoms with E-state index in [1.165, 1.54) is 17.4 Å². The lowest BCUT2D eigenvalue weighted by molar-refractivity contribution is -0.127. The summed E-state index contributed by atoms with van der Waals surface area (Å²) in [4.78, 5) is 31.3. The minimum Gasteiger partial charge on any atom is -0.373 e. The van der Waals surface area contributed by atoms with Crippen LogP contribution in [0.4, 0.5) is 4.39 Å². The number of Topliss-reactive ketones (excluding diaryl/α,β-unsaturated/α-hetero) is 2. The number of thiazole rings is 1. The van der Waals surface area contributed by atoms with Gasteiger partial charge < -0.3 is 4.74 Å². The van der Waals surface area contributed by atoms with Crippen molar-refractivity contribution in [2.24, 2.45) is 11.8 Å². The molecule has 134 valence electrons. The third-order valence-electron chi connectivity index (χ3n) is 5.77. The van der Waals surface area contributed by atoms with Crippen LogP contribution in [0.3, 0.4) is 0 Å². The fourth-order valence-electron chi connectivity index (χ4n) is 4.65. The predicted molar refractivity (Wildman–Crippen MR) is 97.6 cm³/mol. The summed E-state index contributed by atoms with van der Waals surface area (Å²) in [6, 6.07) is 4.79. The highest BCUT2D eigenvalue weighted by molar-refractivity contribution is 9.10. The summed E-state index contributed by atoms with van der Waals surface area (Å²) in [5, 5.41) is 0.499. The molecule has 1 aliphatic carbocycles. The Kier molecular flexibility index (Phi) is 3.71. The number of hydrogen-bond acceptors (Lipinski definition) is 5. The molecule has 1 aromatic carbocycles. The average Bonchev–Trinajstić information content (AvgIpc) is 3.33. The van der Waals surface area contributed by atoms with Gasteiger partial charge >= 0.3 is 0 Å². The maximum Gasteiger partial charge on any atom is 0.155 e. The number of hydrogen-bond donors (Lipinski definition) is 0. The molecule has 26 heavy (non-hydrogen) atoms. The van der Waals surface area contributed by atoms with Crippen molar-refractivity contribution in [3.8, 4) is 10.6 Å². The molecule has 1 saturated carbocycles. The molecule has 0 amide bonds. The van der Waals surface area contributed by atoms with Crippen LogP contribution in [0.1, 0.15) is 29.3 Å². The van der Waals surface area contributed by atoms with Gasteiger partial charge in [0.2, 0.25) is 0 Å². The van der Waals surface area contributed by atoms with Crippen molar-refractivity contribution in [1.82, 2.24) is 4.98 Å². The van der Waals surface area contributed by atoms with Gasteiger partial charge in [-0.15, -0.1) is 11.3 Å². The summed E-state index contributed by atoms with van der Waals surface area (Å²) in [7, 11) is 0. The first kappa shape index (κ1) is 16.7. The fourth-order valence-corrected chi connectivity index (χ4v) is 5.96. The number of fused-ring (bicyclic) bond motifs is 5. The normalized spacial score (nSPS) is 32.5. The van der Waals surface area contributed by atoms with Crippen LogP contribution in [-0.4, -0.2) is 28.8 Å². The van der Waals surface area contributed by atoms with E-state index in [2.05, 4.69) is 20.9 Å². The van der Waals surface area contributed by atoms with Crippen LogP contribution < -0.4 is 0 Å². The molecule has 2 aliphatic heterocycles. The van der Waals surface area contributed by atoms with Crippen molar-refractivity contribution in [2.75, 3.05) is 0 Å². The third-order valence-corrected chi connectivity index (χ3v) is 7.28. The van der Waals surface area contributed by atoms with E-state index in [1.54, 1.807) is 12.1 Å². The van der Waals surface area contributed by atoms with E-state index in [-0.39, 0.29) is 41.4 Å². The number of benzene rings is 1. The maximum atomic E-state index is 14.3. The Labute approximate surface area is 161 Å². The van der Waals surface area contributed by atoms with E-state index in [4.69, 9.17) is 4.74 Å². The molecule has 3 fully saturated rings. The molecule has 3 aliphatic rings. The lowest BCUT2D eigenvalue weighted by Crippen LogP contribution is -2.29. The third kappa shape index (κ3) is 2.23. The highest BCUT2D eigenvalue weighted by atomic mass is 79.9. The predicted octanol–water partition coefficient (Wildman–Crippen LogP) is 4.05. The van der Waals surface area contributed by atoms with Crippen LogP contribution in [-0.2, 0) is 14.3 Å². The summed E-state index contributed by atoms with van der Waals surface area (Å²) in [6.07, 6.45) is 1.47. The first-order valence-corrected chi connectivity index (χ1v) is 10.2. The molecule has 3 heterocycles. The second-order valence-electron chi connectivity index (χ2n) is 7.16. The molecule has 2 saturated heterocycles. The Hall–Kier alpha value is -1.44. The molecule has 4 nitrogen and oxygen atoms in total. The van der Waals surface area contributed by atoms with Gasteiger partial charge in [-0.25, -0.2) is 9.37 Å². The van der Waals surface area contributed by atoms with E-state index in [9.17, 15) is 14.0 Å². The quantitative estimate of drug-likeness (QED) is 0.667. The second-order valence-corrected chi connectivity index (χ2v) is 9.28. The van der Waals surface area contributed by atoms with Crippen LogP contribution in [0.5, 0.6) is 0 Å². The Balaban J connectivity index is 1.54. The molecule has 0 spiro atoms. The summed E-state index contributed by atoms with van der Waals surface area (Å²) < 4.78 is 20.7. The summed E-state index contributed by atoms with van der Waals surface area (Å²) in [5.74, 6) is -1.97. The van der Waals surface area contributed by atoms with Crippen molar-refractivity contribution in [3.05, 3.63) is 39.1 Å². The highest BCUT2D eigenvalue weighted by Gasteiger charge is 2.63. The minimum atomic E-state index is -0.819. The molecule has 5 rings (SSSR count). The number of ketones is 2. The van der Waals surface area contributed by atoms with Gasteiger partial charge in [-0.05, 0) is 38.0 Å². The Morgan fingerprint density at radius 1 is 1.19 bits per heavy atom. The maximum absolute atomic E-state index is 14.3. The Morgan fingerprint density at radius 2 is 1.85 bits per heavy atom. The Morgan fingerprint density at radius 3 is 2.46 bits per heavy atom. The number of aryl methyl sites for hydroxylation is 1. The van der Waals surface area contributed by atoms with Crippen LogP contribution in [0.2, 0.25) is 0 Å². The van der Waals surface area contributed by atoms with E-state index in [1.807, 2.05) is 6.92 Å². The molecule has 0 radical (unpaired) electrons. The molecule has 7 heteroatoms. The molecule has 0 N–H and O–H groups in total. The first-order valence-electron chi connectivity index (χ1n) is 8.61. The average molecular weight is 436 g/mol. The molecule has 3 unspecified atom stereocenters. The molecule has 1 aromatic heterocycles. The number of nitrogens with zero attached hydrogens (tertiary/aromatic N) is 1. The first-order chi connectivity index (χ1) is 12.5. The zero-order valence-corrected chi connectivity index (χ0v) is 16.3. The molecular weight excluding hydrogens is 421 g/mol. The van der Waals surface area contributed by atoms with E-state index < -0.39 is 5.92 Å². The van der Waals surface area contributed by atoms with Gasteiger partial charge in [0.25, 0.3) is 0 Å². The molecule has 2 bridgehead atoms. The van der Waals surface area contributed by atoms with E-state index in [0.717, 1.165) is 17.7 Å². The van der Waals surface area contributed by atoms with Crippen molar-refractivity contribution in [3.63, 3.8) is 0 Å². The number of carbonyl (C=O) groups excluding carboxylic acids is 2. The van der Waals surface area contributed by atoms with Gasteiger partial charge in [0, 0.05) is 14.9 Å². The van der Waals surface area contributed by atoms with Crippen molar-refractivity contribution >= 4 is 38.8 Å². The molecule has 2 aromatic rings. The zero-order chi connectivity index (χ0) is 18.2. The van der Waals surface area contributed by atoms with Crippen LogP contribution >= 0.6 is 27.3 Å². The van der Waals surface area contributed by atoms with Crippen molar-refractivity contribution in [1.29, 1.82) is 0 Å². The zero-order valence-electron chi connectivity index (χ0n) is 13.9. The van der Waals surface area contributed by atoms with Gasteiger partial charge in [0.05, 0.1) is 29.7 Å². The van der Waals surface area contributed by atoms with Gasteiger partial charge in [-0.3, -0.25) is 9.59 Å². The smallest absolute Gasteiger partial charge is 0.155 e. The number of aromatic nitrogens is 1. The van der Waals surface area contributed by atoms with Crippen LogP contribution in [0, 0.1) is 24.6 Å². The number of rotatable bonds is 2. The second kappa shape index (κ2) is 5.78. The van der Waals surface area contributed by atoms with Gasteiger partial charge in [-0.2, -0.15) is 0 Å². The standard InChI is InChI=1S/C19H15BrFNO3S/c1-7-16(22-19(26-7)9-3-2-8(20)6-10(9)21)15-17(23)13-11-4-5-12(25-11)14(13)18(15)24/h2-3,6,11-15H,4-5H2,1H3/t11?,12?,13-,14+,15?. The fraction of sp³-hybridized carbons (Fsp3) is 0.421.